The fourth-order valence-electron chi connectivity index (χ4n) is 1.86. The van der Waals surface area contributed by atoms with Crippen LogP contribution in [0.5, 0.6) is 0 Å². The molecule has 0 aromatic heterocycles. The van der Waals surface area contributed by atoms with Crippen LogP contribution in [-0.2, 0) is 9.47 Å². The largest absolute Gasteiger partial charge is 0.337 e. The molecule has 2 aliphatic heterocycles. The van der Waals surface area contributed by atoms with Crippen LogP contribution < -0.4 is 5.32 Å². The minimum Gasteiger partial charge on any atom is -0.337 e. The third-order valence-electron chi connectivity index (χ3n) is 2.45. The Balaban J connectivity index is 2.15. The summed E-state index contributed by atoms with van der Waals surface area (Å²) in [6, 6.07) is 0. The van der Waals surface area contributed by atoms with Gasteiger partial charge in [-0.2, -0.15) is 0 Å². The van der Waals surface area contributed by atoms with Crippen molar-refractivity contribution in [3.05, 3.63) is 0 Å². The van der Waals surface area contributed by atoms with Crippen molar-refractivity contribution in [2.75, 3.05) is 20.3 Å². The van der Waals surface area contributed by atoms with Crippen LogP contribution in [0.4, 0.5) is 0 Å². The van der Waals surface area contributed by atoms with Crippen molar-refractivity contribution in [2.24, 2.45) is 5.92 Å². The lowest BCUT2D eigenvalue weighted by Gasteiger charge is -2.25. The number of fused-ring (bicyclic) bond motifs is 1. The Morgan fingerprint density at radius 1 is 1.30 bits per heavy atom. The highest BCUT2D eigenvalue weighted by atomic mass is 16.7. The zero-order chi connectivity index (χ0) is 7.03. The summed E-state index contributed by atoms with van der Waals surface area (Å²) < 4.78 is 11.0. The molecule has 1 N–H and O–H groups in total. The molecule has 0 aromatic carbocycles. The summed E-state index contributed by atoms with van der Waals surface area (Å²) in [4.78, 5) is 0. The van der Waals surface area contributed by atoms with Crippen LogP contribution in [0.2, 0.25) is 0 Å². The molecule has 0 saturated carbocycles. The number of hydrogen-bond acceptors (Lipinski definition) is 3. The zero-order valence-corrected chi connectivity index (χ0v) is 6.22. The average Bonchev–Trinajstić information content (AvgIpc) is 2.42. The summed E-state index contributed by atoms with van der Waals surface area (Å²) in [5, 5.41) is 3.09. The van der Waals surface area contributed by atoms with Gasteiger partial charge in [0.05, 0.1) is 13.2 Å². The first-order valence-corrected chi connectivity index (χ1v) is 3.84. The van der Waals surface area contributed by atoms with Gasteiger partial charge in [-0.1, -0.05) is 0 Å². The highest BCUT2D eigenvalue weighted by molar-refractivity contribution is 4.85. The van der Waals surface area contributed by atoms with E-state index < -0.39 is 5.91 Å². The van der Waals surface area contributed by atoms with E-state index in [2.05, 4.69) is 5.32 Å². The van der Waals surface area contributed by atoms with Gasteiger partial charge in [0.25, 0.3) is 0 Å². The maximum absolute atomic E-state index is 5.48. The fourth-order valence-corrected chi connectivity index (χ4v) is 1.86. The zero-order valence-electron chi connectivity index (χ0n) is 6.22. The molecule has 10 heavy (non-hydrogen) atoms. The Hall–Kier alpha value is -0.120. The minimum absolute atomic E-state index is 0.403. The second-order valence-corrected chi connectivity index (χ2v) is 2.89. The number of rotatable bonds is 1. The van der Waals surface area contributed by atoms with Gasteiger partial charge in [-0.3, -0.25) is 5.32 Å². The van der Waals surface area contributed by atoms with Gasteiger partial charge in [0.15, 0.2) is 0 Å². The Kier molecular flexibility index (Phi) is 1.44. The van der Waals surface area contributed by atoms with Crippen LogP contribution in [0.1, 0.15) is 12.8 Å². The molecule has 2 saturated heterocycles. The van der Waals surface area contributed by atoms with E-state index in [9.17, 15) is 0 Å². The summed E-state index contributed by atoms with van der Waals surface area (Å²) in [5.41, 5.74) is 0. The quantitative estimate of drug-likeness (QED) is 0.573. The summed E-state index contributed by atoms with van der Waals surface area (Å²) in [7, 11) is 1.89. The highest BCUT2D eigenvalue weighted by Crippen LogP contribution is 2.38. The molecule has 0 spiro atoms. The van der Waals surface area contributed by atoms with Gasteiger partial charge in [0.2, 0.25) is 5.91 Å². The second-order valence-electron chi connectivity index (χ2n) is 2.89. The van der Waals surface area contributed by atoms with Crippen molar-refractivity contribution in [2.45, 2.75) is 18.8 Å². The SMILES string of the molecule is CNC12OCCC1CCO2. The van der Waals surface area contributed by atoms with E-state index in [1.54, 1.807) is 0 Å². The van der Waals surface area contributed by atoms with E-state index in [0.717, 1.165) is 26.1 Å². The molecule has 0 radical (unpaired) electrons. The van der Waals surface area contributed by atoms with Crippen LogP contribution in [0.3, 0.4) is 0 Å². The van der Waals surface area contributed by atoms with Crippen molar-refractivity contribution in [1.29, 1.82) is 0 Å². The lowest BCUT2D eigenvalue weighted by atomic mass is 10.0. The van der Waals surface area contributed by atoms with Crippen molar-refractivity contribution in [1.82, 2.24) is 5.32 Å². The van der Waals surface area contributed by atoms with Crippen molar-refractivity contribution in [3.63, 3.8) is 0 Å². The molecule has 0 aliphatic carbocycles. The molecule has 2 fully saturated rings. The van der Waals surface area contributed by atoms with Crippen LogP contribution in [0.15, 0.2) is 0 Å². The average molecular weight is 143 g/mol. The lowest BCUT2D eigenvalue weighted by molar-refractivity contribution is -0.213. The van der Waals surface area contributed by atoms with Crippen LogP contribution in [-0.4, -0.2) is 26.2 Å². The lowest BCUT2D eigenvalue weighted by Crippen LogP contribution is -2.46. The minimum atomic E-state index is -0.403. The van der Waals surface area contributed by atoms with Crippen molar-refractivity contribution >= 4 is 0 Å². The van der Waals surface area contributed by atoms with E-state index in [4.69, 9.17) is 9.47 Å². The molecule has 0 atom stereocenters. The molecule has 0 amide bonds. The van der Waals surface area contributed by atoms with Gasteiger partial charge in [-0.25, -0.2) is 0 Å². The number of ether oxygens (including phenoxy) is 2. The smallest absolute Gasteiger partial charge is 0.230 e. The summed E-state index contributed by atoms with van der Waals surface area (Å²) in [5.74, 6) is 0.178. The molecule has 3 nitrogen and oxygen atoms in total. The molecule has 2 heterocycles. The van der Waals surface area contributed by atoms with E-state index in [-0.39, 0.29) is 0 Å². The number of nitrogens with one attached hydrogen (secondary N) is 1. The molecule has 2 rings (SSSR count). The molecule has 0 aromatic rings. The standard InChI is InChI=1S/C7H13NO2/c1-8-7-6(2-4-9-7)3-5-10-7/h6,8H,2-5H2,1H3. The Morgan fingerprint density at radius 3 is 2.30 bits per heavy atom. The molecule has 0 unspecified atom stereocenters. The number of hydrogen-bond donors (Lipinski definition) is 1. The topological polar surface area (TPSA) is 30.5 Å². The van der Waals surface area contributed by atoms with Gasteiger partial charge in [0.1, 0.15) is 0 Å². The first-order chi connectivity index (χ1) is 4.87. The van der Waals surface area contributed by atoms with E-state index in [0.29, 0.717) is 5.92 Å². The Morgan fingerprint density at radius 2 is 1.90 bits per heavy atom. The van der Waals surface area contributed by atoms with Crippen molar-refractivity contribution in [3.8, 4) is 0 Å². The second kappa shape index (κ2) is 2.19. The molecule has 58 valence electrons. The van der Waals surface area contributed by atoms with E-state index in [1.807, 2.05) is 7.05 Å². The van der Waals surface area contributed by atoms with E-state index >= 15 is 0 Å². The van der Waals surface area contributed by atoms with Crippen molar-refractivity contribution < 1.29 is 9.47 Å². The van der Waals surface area contributed by atoms with Crippen LogP contribution >= 0.6 is 0 Å². The predicted molar refractivity (Wildman–Crippen MR) is 36.4 cm³/mol. The summed E-state index contributed by atoms with van der Waals surface area (Å²) in [6.07, 6.45) is 2.28. The molecule has 3 heteroatoms. The van der Waals surface area contributed by atoms with Crippen LogP contribution in [0.25, 0.3) is 0 Å². The Bertz CT molecular complexity index is 128. The molecule has 0 bridgehead atoms. The van der Waals surface area contributed by atoms with Gasteiger partial charge in [-0.15, -0.1) is 0 Å². The monoisotopic (exact) mass is 143 g/mol. The van der Waals surface area contributed by atoms with Gasteiger partial charge in [-0.05, 0) is 19.9 Å². The predicted octanol–water partition coefficient (Wildman–Crippen LogP) is 0.316. The highest BCUT2D eigenvalue weighted by Gasteiger charge is 2.48. The molecule has 2 aliphatic rings. The van der Waals surface area contributed by atoms with Gasteiger partial charge >= 0.3 is 0 Å². The first-order valence-electron chi connectivity index (χ1n) is 3.84. The maximum atomic E-state index is 5.48. The molecular weight excluding hydrogens is 130 g/mol. The first kappa shape index (κ1) is 6.58. The normalized spacial score (nSPS) is 45.9. The maximum Gasteiger partial charge on any atom is 0.230 e. The van der Waals surface area contributed by atoms with Gasteiger partial charge < -0.3 is 9.47 Å². The summed E-state index contributed by atoms with van der Waals surface area (Å²) >= 11 is 0. The van der Waals surface area contributed by atoms with Crippen LogP contribution in [0, 0.1) is 5.92 Å². The molecular formula is C7H13NO2. The van der Waals surface area contributed by atoms with Gasteiger partial charge in [0, 0.05) is 5.92 Å². The summed E-state index contributed by atoms with van der Waals surface area (Å²) in [6.45, 7) is 1.68. The third kappa shape index (κ3) is 0.713. The third-order valence-corrected chi connectivity index (χ3v) is 2.45. The van der Waals surface area contributed by atoms with E-state index in [1.165, 1.54) is 0 Å². The fraction of sp³-hybridized carbons (Fsp3) is 1.00. The Labute approximate surface area is 60.7 Å².